The van der Waals surface area contributed by atoms with Gasteiger partial charge in [0.1, 0.15) is 11.5 Å². The van der Waals surface area contributed by atoms with Gasteiger partial charge in [-0.2, -0.15) is 5.10 Å². The van der Waals surface area contributed by atoms with E-state index >= 15 is 0 Å². The lowest BCUT2D eigenvalue weighted by Gasteiger charge is -2.39. The number of rotatable bonds is 3. The zero-order valence-electron chi connectivity index (χ0n) is 14.2. The minimum absolute atomic E-state index is 0.132. The Morgan fingerprint density at radius 2 is 2.31 bits per heavy atom. The van der Waals surface area contributed by atoms with Gasteiger partial charge in [-0.15, -0.1) is 0 Å². The Balaban J connectivity index is 1.42. The Morgan fingerprint density at radius 1 is 1.38 bits per heavy atom. The predicted octanol–water partition coefficient (Wildman–Crippen LogP) is 0.436. The normalized spacial score (nSPS) is 25.4. The fourth-order valence-electron chi connectivity index (χ4n) is 3.70. The molecule has 26 heavy (non-hydrogen) atoms. The number of carbonyl (C=O) groups is 1. The highest BCUT2D eigenvalue weighted by atomic mass is 16.5. The average molecular weight is 356 g/mol. The molecule has 136 valence electrons. The van der Waals surface area contributed by atoms with E-state index in [9.17, 15) is 9.59 Å². The van der Waals surface area contributed by atoms with Crippen molar-refractivity contribution in [1.29, 1.82) is 0 Å². The summed E-state index contributed by atoms with van der Waals surface area (Å²) in [6, 6.07) is 2.90. The van der Waals surface area contributed by atoms with E-state index < -0.39 is 0 Å². The highest BCUT2D eigenvalue weighted by Crippen LogP contribution is 2.35. The fraction of sp³-hybridized carbons (Fsp3) is 0.471. The largest absolute Gasteiger partial charge is 0.371 e. The van der Waals surface area contributed by atoms with Crippen molar-refractivity contribution in [2.75, 3.05) is 25.0 Å². The maximum atomic E-state index is 12.7. The molecule has 2 aliphatic heterocycles. The molecule has 4 heterocycles. The van der Waals surface area contributed by atoms with Gasteiger partial charge >= 0.3 is 0 Å². The van der Waals surface area contributed by atoms with Gasteiger partial charge in [-0.3, -0.25) is 14.6 Å². The third-order valence-electron chi connectivity index (χ3n) is 4.85. The van der Waals surface area contributed by atoms with Crippen molar-refractivity contribution >= 4 is 11.7 Å². The van der Waals surface area contributed by atoms with Crippen LogP contribution in [0.15, 0.2) is 35.5 Å². The van der Waals surface area contributed by atoms with Crippen LogP contribution in [0.25, 0.3) is 0 Å². The molecule has 0 radical (unpaired) electrons. The number of nitrogens with one attached hydrogen (secondary N) is 2. The number of ether oxygens (including phenoxy) is 1. The number of hydrogen-bond acceptors (Lipinski definition) is 7. The molecular formula is C17H20N6O3. The second-order valence-electron chi connectivity index (χ2n) is 6.77. The lowest BCUT2D eigenvalue weighted by molar-refractivity contribution is -0.0448. The molecule has 1 spiro atoms. The Kier molecular flexibility index (Phi) is 4.37. The number of H-pyrrole nitrogens is 1. The molecule has 2 N–H and O–H groups in total. The summed E-state index contributed by atoms with van der Waals surface area (Å²) in [4.78, 5) is 33.9. The Labute approximate surface area is 149 Å². The van der Waals surface area contributed by atoms with Gasteiger partial charge in [0.25, 0.3) is 11.5 Å². The first kappa shape index (κ1) is 16.6. The molecule has 1 amide bonds. The van der Waals surface area contributed by atoms with E-state index in [1.54, 1.807) is 23.5 Å². The molecule has 0 aliphatic carbocycles. The van der Waals surface area contributed by atoms with E-state index in [1.165, 1.54) is 12.1 Å². The molecule has 2 unspecified atom stereocenters. The van der Waals surface area contributed by atoms with Crippen LogP contribution in [0.1, 0.15) is 29.8 Å². The van der Waals surface area contributed by atoms with E-state index in [4.69, 9.17) is 4.74 Å². The van der Waals surface area contributed by atoms with Crippen LogP contribution in [-0.2, 0) is 4.74 Å². The first-order valence-electron chi connectivity index (χ1n) is 8.65. The molecule has 4 rings (SSSR count). The van der Waals surface area contributed by atoms with Gasteiger partial charge in [0.15, 0.2) is 0 Å². The third-order valence-corrected chi connectivity index (χ3v) is 4.85. The summed E-state index contributed by atoms with van der Waals surface area (Å²) in [5, 5.41) is 9.49. The van der Waals surface area contributed by atoms with Crippen LogP contribution in [0.5, 0.6) is 0 Å². The van der Waals surface area contributed by atoms with Crippen LogP contribution in [0.4, 0.5) is 5.82 Å². The smallest absolute Gasteiger partial charge is 0.274 e. The van der Waals surface area contributed by atoms with E-state index in [2.05, 4.69) is 25.5 Å². The standard InChI is InChI=1S/C17H20N6O3/c24-15-3-2-13(21-22-15)16(25)23-7-1-4-17(11-23)8-12(10-26-17)20-14-9-18-5-6-19-14/h2-3,5-6,9,12H,1,4,7-8,10-11H2,(H,19,20)(H,22,24). The van der Waals surface area contributed by atoms with Crippen LogP contribution < -0.4 is 10.9 Å². The fourth-order valence-corrected chi connectivity index (χ4v) is 3.70. The van der Waals surface area contributed by atoms with Crippen LogP contribution in [0.3, 0.4) is 0 Å². The number of anilines is 1. The summed E-state index contributed by atoms with van der Waals surface area (Å²) >= 11 is 0. The molecule has 0 bridgehead atoms. The summed E-state index contributed by atoms with van der Waals surface area (Å²) in [6.07, 6.45) is 7.54. The maximum Gasteiger partial charge on any atom is 0.274 e. The first-order valence-corrected chi connectivity index (χ1v) is 8.65. The van der Waals surface area contributed by atoms with E-state index in [0.29, 0.717) is 19.7 Å². The van der Waals surface area contributed by atoms with Gasteiger partial charge in [0.05, 0.1) is 31.0 Å². The summed E-state index contributed by atoms with van der Waals surface area (Å²) in [7, 11) is 0. The number of piperidine rings is 1. The molecule has 0 aromatic carbocycles. The minimum Gasteiger partial charge on any atom is -0.371 e. The molecule has 2 aromatic rings. The Morgan fingerprint density at radius 3 is 3.08 bits per heavy atom. The van der Waals surface area contributed by atoms with Gasteiger partial charge in [0.2, 0.25) is 0 Å². The quantitative estimate of drug-likeness (QED) is 0.820. The van der Waals surface area contributed by atoms with Gasteiger partial charge in [-0.05, 0) is 18.9 Å². The van der Waals surface area contributed by atoms with Crippen LogP contribution in [0.2, 0.25) is 0 Å². The molecule has 2 aliphatic rings. The monoisotopic (exact) mass is 356 g/mol. The number of likely N-dealkylation sites (tertiary alicyclic amines) is 1. The lowest BCUT2D eigenvalue weighted by atomic mass is 9.88. The second kappa shape index (κ2) is 6.83. The van der Waals surface area contributed by atoms with Crippen molar-refractivity contribution in [1.82, 2.24) is 25.1 Å². The number of nitrogens with zero attached hydrogens (tertiary/aromatic N) is 4. The molecule has 2 atom stereocenters. The SMILES string of the molecule is O=C(c1ccc(=O)[nH]n1)N1CCCC2(CC(Nc3cnccn3)CO2)C1. The molecule has 9 nitrogen and oxygen atoms in total. The summed E-state index contributed by atoms with van der Waals surface area (Å²) in [5.41, 5.74) is -0.432. The zero-order chi connectivity index (χ0) is 18.0. The van der Waals surface area contributed by atoms with Crippen LogP contribution >= 0.6 is 0 Å². The zero-order valence-corrected chi connectivity index (χ0v) is 14.2. The average Bonchev–Trinajstić information content (AvgIpc) is 3.04. The Bertz CT molecular complexity index is 821. The summed E-state index contributed by atoms with van der Waals surface area (Å²) < 4.78 is 6.12. The van der Waals surface area contributed by atoms with Crippen molar-refractivity contribution in [3.8, 4) is 0 Å². The van der Waals surface area contributed by atoms with Crippen LogP contribution in [-0.4, -0.2) is 62.3 Å². The van der Waals surface area contributed by atoms with Gasteiger partial charge < -0.3 is 15.0 Å². The van der Waals surface area contributed by atoms with Gasteiger partial charge in [0, 0.05) is 31.4 Å². The lowest BCUT2D eigenvalue weighted by Crippen LogP contribution is -2.50. The van der Waals surface area contributed by atoms with Gasteiger partial charge in [-0.25, -0.2) is 10.1 Å². The molecule has 9 heteroatoms. The van der Waals surface area contributed by atoms with Crippen molar-refractivity contribution < 1.29 is 9.53 Å². The first-order chi connectivity index (χ1) is 12.6. The predicted molar refractivity (Wildman–Crippen MR) is 92.7 cm³/mol. The molecule has 2 saturated heterocycles. The van der Waals surface area contributed by atoms with E-state index in [-0.39, 0.29) is 28.8 Å². The highest BCUT2D eigenvalue weighted by molar-refractivity contribution is 5.92. The molecule has 2 fully saturated rings. The number of amides is 1. The van der Waals surface area contributed by atoms with E-state index in [1.807, 2.05) is 0 Å². The van der Waals surface area contributed by atoms with Crippen molar-refractivity contribution in [3.63, 3.8) is 0 Å². The van der Waals surface area contributed by atoms with Crippen molar-refractivity contribution in [2.45, 2.75) is 30.9 Å². The third kappa shape index (κ3) is 3.43. The molecular weight excluding hydrogens is 336 g/mol. The summed E-state index contributed by atoms with van der Waals surface area (Å²) in [5.74, 6) is 0.536. The van der Waals surface area contributed by atoms with E-state index in [0.717, 1.165) is 25.1 Å². The topological polar surface area (TPSA) is 113 Å². The summed E-state index contributed by atoms with van der Waals surface area (Å²) in [6.45, 7) is 1.74. The number of aromatic amines is 1. The minimum atomic E-state index is -0.351. The number of aromatic nitrogens is 4. The highest BCUT2D eigenvalue weighted by Gasteiger charge is 2.44. The Hall–Kier alpha value is -2.81. The maximum absolute atomic E-state index is 12.7. The second-order valence-corrected chi connectivity index (χ2v) is 6.77. The van der Waals surface area contributed by atoms with Crippen LogP contribution in [0, 0.1) is 0 Å². The van der Waals surface area contributed by atoms with Gasteiger partial charge in [-0.1, -0.05) is 0 Å². The molecule has 0 saturated carbocycles. The van der Waals surface area contributed by atoms with Crippen molar-refractivity contribution in [3.05, 3.63) is 46.8 Å². The number of carbonyl (C=O) groups excluding carboxylic acids is 1. The number of hydrogen-bond donors (Lipinski definition) is 2. The molecule has 2 aromatic heterocycles. The van der Waals surface area contributed by atoms with Crippen molar-refractivity contribution in [2.24, 2.45) is 0 Å².